The van der Waals surface area contributed by atoms with Crippen LogP contribution in [0, 0.1) is 0 Å². The van der Waals surface area contributed by atoms with Crippen LogP contribution in [0.2, 0.25) is 5.02 Å². The molecule has 0 aromatic heterocycles. The molecule has 1 atom stereocenters. The highest BCUT2D eigenvalue weighted by Gasteiger charge is 2.33. The molecule has 1 heterocycles. The molecule has 0 aliphatic carbocycles. The van der Waals surface area contributed by atoms with Crippen LogP contribution in [0.1, 0.15) is 20.3 Å². The average molecular weight is 361 g/mol. The Labute approximate surface area is 133 Å². The van der Waals surface area contributed by atoms with Crippen LogP contribution < -0.4 is 10.6 Å². The van der Waals surface area contributed by atoms with Gasteiger partial charge in [0.15, 0.2) is 5.96 Å². The Morgan fingerprint density at radius 2 is 2.25 bits per heavy atom. The van der Waals surface area contributed by atoms with Crippen LogP contribution in [0.5, 0.6) is 0 Å². The van der Waals surface area contributed by atoms with Crippen LogP contribution in [-0.2, 0) is 4.74 Å². The number of ether oxygens (including phenoxy) is 1. The van der Waals surface area contributed by atoms with Crippen molar-refractivity contribution in [1.29, 1.82) is 0 Å². The smallest absolute Gasteiger partial charge is 0.196 e. The van der Waals surface area contributed by atoms with E-state index in [4.69, 9.17) is 22.1 Å². The minimum atomic E-state index is -0.216. The lowest BCUT2D eigenvalue weighted by Crippen LogP contribution is -2.44. The van der Waals surface area contributed by atoms with Crippen molar-refractivity contribution in [2.24, 2.45) is 10.7 Å². The van der Waals surface area contributed by atoms with Gasteiger partial charge in [0.2, 0.25) is 0 Å². The van der Waals surface area contributed by atoms with Crippen molar-refractivity contribution >= 4 is 39.2 Å². The van der Waals surface area contributed by atoms with Crippen molar-refractivity contribution in [2.75, 3.05) is 18.6 Å². The molecule has 2 rings (SSSR count). The van der Waals surface area contributed by atoms with Crippen LogP contribution >= 0.6 is 27.5 Å². The van der Waals surface area contributed by atoms with Crippen molar-refractivity contribution in [2.45, 2.75) is 31.9 Å². The first-order valence-corrected chi connectivity index (χ1v) is 7.60. The van der Waals surface area contributed by atoms with E-state index in [1.165, 1.54) is 0 Å². The molecule has 0 radical (unpaired) electrons. The summed E-state index contributed by atoms with van der Waals surface area (Å²) < 4.78 is 6.36. The van der Waals surface area contributed by atoms with E-state index in [-0.39, 0.29) is 11.6 Å². The van der Waals surface area contributed by atoms with Gasteiger partial charge in [0, 0.05) is 17.3 Å². The maximum absolute atomic E-state index is 6.04. The van der Waals surface area contributed by atoms with E-state index in [9.17, 15) is 0 Å². The maximum Gasteiger partial charge on any atom is 0.196 e. The van der Waals surface area contributed by atoms with Gasteiger partial charge in [-0.25, -0.2) is 0 Å². The lowest BCUT2D eigenvalue weighted by molar-refractivity contribution is 0.0114. The third-order valence-corrected chi connectivity index (χ3v) is 4.75. The minimum absolute atomic E-state index is 0.193. The monoisotopic (exact) mass is 359 g/mol. The number of methoxy groups -OCH3 is 1. The number of aliphatic imine (C=N–C) groups is 1. The molecular weight excluding hydrogens is 342 g/mol. The van der Waals surface area contributed by atoms with E-state index >= 15 is 0 Å². The predicted molar refractivity (Wildman–Crippen MR) is 87.6 cm³/mol. The molecule has 110 valence electrons. The van der Waals surface area contributed by atoms with Gasteiger partial charge >= 0.3 is 0 Å². The molecule has 1 aliphatic heterocycles. The Bertz CT molecular complexity index is 533. The van der Waals surface area contributed by atoms with Crippen LogP contribution in [0.25, 0.3) is 0 Å². The first-order chi connectivity index (χ1) is 9.34. The van der Waals surface area contributed by atoms with E-state index < -0.39 is 0 Å². The van der Waals surface area contributed by atoms with Crippen molar-refractivity contribution in [3.63, 3.8) is 0 Å². The molecule has 6 heteroatoms. The summed E-state index contributed by atoms with van der Waals surface area (Å²) in [4.78, 5) is 6.41. The van der Waals surface area contributed by atoms with Crippen molar-refractivity contribution < 1.29 is 4.74 Å². The molecule has 1 unspecified atom stereocenters. The van der Waals surface area contributed by atoms with Gasteiger partial charge in [0.25, 0.3) is 0 Å². The van der Waals surface area contributed by atoms with Gasteiger partial charge in [-0.1, -0.05) is 11.6 Å². The van der Waals surface area contributed by atoms with Gasteiger partial charge < -0.3 is 15.4 Å². The zero-order valence-electron chi connectivity index (χ0n) is 11.9. The van der Waals surface area contributed by atoms with E-state index in [0.29, 0.717) is 17.5 Å². The van der Waals surface area contributed by atoms with Crippen LogP contribution in [0.4, 0.5) is 5.69 Å². The third kappa shape index (κ3) is 3.27. The molecule has 0 amide bonds. The number of hydrogen-bond donors (Lipinski definition) is 1. The molecular formula is C14H19BrClN3O. The number of benzene rings is 1. The normalized spacial score (nSPS) is 19.4. The molecule has 0 fully saturated rings. The zero-order valence-corrected chi connectivity index (χ0v) is 14.2. The third-order valence-electron chi connectivity index (χ3n) is 3.54. The minimum Gasteiger partial charge on any atom is -0.379 e. The van der Waals surface area contributed by atoms with Gasteiger partial charge in [-0.15, -0.1) is 0 Å². The standard InChI is InChI=1S/C14H19BrClN3O/c1-14(2,20-3)7-10-8-18-13(17)19(10)9-4-5-12(16)11(15)6-9/h4-6,10H,7-8H2,1-3H3,(H2,17,18). The van der Waals surface area contributed by atoms with Gasteiger partial charge in [-0.3, -0.25) is 4.99 Å². The number of nitrogens with zero attached hydrogens (tertiary/aromatic N) is 2. The van der Waals surface area contributed by atoms with E-state index in [1.54, 1.807) is 7.11 Å². The molecule has 1 aromatic carbocycles. The summed E-state index contributed by atoms with van der Waals surface area (Å²) >= 11 is 9.49. The SMILES string of the molecule is COC(C)(C)CC1CN=C(N)N1c1ccc(Cl)c(Br)c1. The summed E-state index contributed by atoms with van der Waals surface area (Å²) in [6.45, 7) is 4.81. The molecule has 0 spiro atoms. The van der Waals surface area contributed by atoms with Gasteiger partial charge in [0.1, 0.15) is 0 Å². The molecule has 2 N–H and O–H groups in total. The molecule has 20 heavy (non-hydrogen) atoms. The fourth-order valence-electron chi connectivity index (χ4n) is 2.33. The van der Waals surface area contributed by atoms with Crippen LogP contribution in [-0.4, -0.2) is 31.3 Å². The topological polar surface area (TPSA) is 50.9 Å². The largest absolute Gasteiger partial charge is 0.379 e. The summed E-state index contributed by atoms with van der Waals surface area (Å²) in [7, 11) is 1.72. The summed E-state index contributed by atoms with van der Waals surface area (Å²) in [5.41, 5.74) is 6.80. The second kappa shape index (κ2) is 5.92. The lowest BCUT2D eigenvalue weighted by atomic mass is 9.98. The maximum atomic E-state index is 6.04. The quantitative estimate of drug-likeness (QED) is 0.895. The summed E-state index contributed by atoms with van der Waals surface area (Å²) in [6, 6.07) is 5.96. The number of anilines is 1. The fraction of sp³-hybridized carbons (Fsp3) is 0.500. The number of guanidine groups is 1. The first-order valence-electron chi connectivity index (χ1n) is 6.43. The number of halogens is 2. The zero-order chi connectivity index (χ0) is 14.9. The Balaban J connectivity index is 2.26. The van der Waals surface area contributed by atoms with Crippen molar-refractivity contribution in [1.82, 2.24) is 0 Å². The summed E-state index contributed by atoms with van der Waals surface area (Å²) in [6.07, 6.45) is 0.841. The Kier molecular flexibility index (Phi) is 4.62. The lowest BCUT2D eigenvalue weighted by Gasteiger charge is -2.32. The van der Waals surface area contributed by atoms with Crippen LogP contribution in [0.15, 0.2) is 27.7 Å². The summed E-state index contributed by atoms with van der Waals surface area (Å²) in [5.74, 6) is 0.538. The molecule has 0 saturated carbocycles. The molecule has 1 aliphatic rings. The van der Waals surface area contributed by atoms with Crippen molar-refractivity contribution in [3.05, 3.63) is 27.7 Å². The molecule has 1 aromatic rings. The van der Waals surface area contributed by atoms with E-state index in [1.807, 2.05) is 23.1 Å². The second-order valence-corrected chi connectivity index (χ2v) is 6.75. The summed E-state index contributed by atoms with van der Waals surface area (Å²) in [5, 5.41) is 0.678. The van der Waals surface area contributed by atoms with E-state index in [2.05, 4.69) is 34.8 Å². The first kappa shape index (κ1) is 15.6. The van der Waals surface area contributed by atoms with Gasteiger partial charge in [-0.05, 0) is 54.4 Å². The Hall–Kier alpha value is -0.780. The number of hydrogen-bond acceptors (Lipinski definition) is 4. The highest BCUT2D eigenvalue weighted by atomic mass is 79.9. The fourth-order valence-corrected chi connectivity index (χ4v) is 2.81. The van der Waals surface area contributed by atoms with Gasteiger partial charge in [0.05, 0.1) is 23.2 Å². The number of rotatable bonds is 4. The highest BCUT2D eigenvalue weighted by molar-refractivity contribution is 9.10. The van der Waals surface area contributed by atoms with Gasteiger partial charge in [-0.2, -0.15) is 0 Å². The molecule has 4 nitrogen and oxygen atoms in total. The Morgan fingerprint density at radius 1 is 1.55 bits per heavy atom. The predicted octanol–water partition coefficient (Wildman–Crippen LogP) is 3.42. The highest BCUT2D eigenvalue weighted by Crippen LogP contribution is 2.32. The Morgan fingerprint density at radius 3 is 2.85 bits per heavy atom. The van der Waals surface area contributed by atoms with E-state index in [0.717, 1.165) is 16.6 Å². The van der Waals surface area contributed by atoms with Crippen LogP contribution in [0.3, 0.4) is 0 Å². The second-order valence-electron chi connectivity index (χ2n) is 5.49. The van der Waals surface area contributed by atoms with Crippen molar-refractivity contribution in [3.8, 4) is 0 Å². The number of nitrogens with two attached hydrogens (primary N) is 1. The molecule has 0 saturated heterocycles. The molecule has 0 bridgehead atoms. The average Bonchev–Trinajstić information content (AvgIpc) is 2.73.